The molecule has 0 saturated heterocycles. The van der Waals surface area contributed by atoms with Crippen LogP contribution < -0.4 is 10.1 Å². The molecule has 0 aliphatic carbocycles. The van der Waals surface area contributed by atoms with E-state index < -0.39 is 11.6 Å². The lowest BCUT2D eigenvalue weighted by Gasteiger charge is -2.09. The molecular formula is C15H16F2N2O. The molecule has 0 unspecified atom stereocenters. The minimum Gasteiger partial charge on any atom is -0.436 e. The lowest BCUT2D eigenvalue weighted by molar-refractivity contribution is 0.423. The van der Waals surface area contributed by atoms with Crippen molar-refractivity contribution in [2.24, 2.45) is 0 Å². The van der Waals surface area contributed by atoms with Gasteiger partial charge in [-0.2, -0.15) is 0 Å². The zero-order valence-electron chi connectivity index (χ0n) is 11.4. The van der Waals surface area contributed by atoms with Crippen LogP contribution in [-0.4, -0.2) is 11.0 Å². The molecule has 1 N–H and O–H groups in total. The molecule has 0 aliphatic heterocycles. The van der Waals surface area contributed by atoms with Crippen molar-refractivity contribution < 1.29 is 13.5 Å². The van der Waals surface area contributed by atoms with Crippen LogP contribution in [0, 0.1) is 11.6 Å². The fourth-order valence-corrected chi connectivity index (χ4v) is 1.57. The van der Waals surface area contributed by atoms with Gasteiger partial charge in [0, 0.05) is 30.9 Å². The van der Waals surface area contributed by atoms with Crippen LogP contribution >= 0.6 is 0 Å². The number of hydrogen-bond acceptors (Lipinski definition) is 3. The van der Waals surface area contributed by atoms with Crippen molar-refractivity contribution in [3.8, 4) is 11.6 Å². The molecule has 0 atom stereocenters. The summed E-state index contributed by atoms with van der Waals surface area (Å²) in [7, 11) is 0. The van der Waals surface area contributed by atoms with Crippen molar-refractivity contribution in [1.29, 1.82) is 0 Å². The Hall–Kier alpha value is -2.01. The van der Waals surface area contributed by atoms with Gasteiger partial charge in [-0.15, -0.1) is 0 Å². The first-order chi connectivity index (χ1) is 9.54. The van der Waals surface area contributed by atoms with Gasteiger partial charge in [-0.3, -0.25) is 0 Å². The normalized spacial score (nSPS) is 10.8. The van der Waals surface area contributed by atoms with E-state index in [1.165, 1.54) is 6.07 Å². The summed E-state index contributed by atoms with van der Waals surface area (Å²) >= 11 is 0. The van der Waals surface area contributed by atoms with E-state index in [2.05, 4.69) is 24.1 Å². The van der Waals surface area contributed by atoms with Crippen LogP contribution in [0.25, 0.3) is 0 Å². The third kappa shape index (κ3) is 3.99. The molecule has 0 radical (unpaired) electrons. The van der Waals surface area contributed by atoms with Crippen LogP contribution in [0.2, 0.25) is 0 Å². The topological polar surface area (TPSA) is 34.1 Å². The second-order valence-corrected chi connectivity index (χ2v) is 4.72. The van der Waals surface area contributed by atoms with Gasteiger partial charge in [-0.25, -0.2) is 13.8 Å². The summed E-state index contributed by atoms with van der Waals surface area (Å²) in [5.41, 5.74) is 1.01. The highest BCUT2D eigenvalue weighted by molar-refractivity contribution is 5.29. The number of ether oxygens (including phenoxy) is 1. The predicted octanol–water partition coefficient (Wildman–Crippen LogP) is 3.65. The zero-order chi connectivity index (χ0) is 14.5. The molecule has 2 rings (SSSR count). The molecule has 0 bridgehead atoms. The first kappa shape index (κ1) is 14.4. The van der Waals surface area contributed by atoms with Gasteiger partial charge < -0.3 is 10.1 Å². The summed E-state index contributed by atoms with van der Waals surface area (Å²) in [5, 5.41) is 3.26. The van der Waals surface area contributed by atoms with Crippen molar-refractivity contribution in [2.75, 3.05) is 0 Å². The quantitative estimate of drug-likeness (QED) is 0.906. The van der Waals surface area contributed by atoms with Crippen LogP contribution in [0.15, 0.2) is 36.5 Å². The highest BCUT2D eigenvalue weighted by atomic mass is 19.1. The fraction of sp³-hybridized carbons (Fsp3) is 0.267. The summed E-state index contributed by atoms with van der Waals surface area (Å²) in [6, 6.07) is 7.04. The largest absolute Gasteiger partial charge is 0.436 e. The third-order valence-electron chi connectivity index (χ3n) is 2.62. The molecule has 0 saturated carbocycles. The second kappa shape index (κ2) is 6.43. The third-order valence-corrected chi connectivity index (χ3v) is 2.62. The van der Waals surface area contributed by atoms with E-state index in [-0.39, 0.29) is 11.6 Å². The van der Waals surface area contributed by atoms with Gasteiger partial charge in [-0.05, 0) is 17.7 Å². The molecule has 1 aromatic carbocycles. The molecule has 5 heteroatoms. The van der Waals surface area contributed by atoms with E-state index in [0.29, 0.717) is 12.6 Å². The van der Waals surface area contributed by atoms with Gasteiger partial charge >= 0.3 is 0 Å². The van der Waals surface area contributed by atoms with E-state index in [0.717, 1.165) is 17.7 Å². The van der Waals surface area contributed by atoms with Crippen LogP contribution in [0.5, 0.6) is 11.6 Å². The van der Waals surface area contributed by atoms with E-state index in [1.807, 2.05) is 6.07 Å². The molecule has 3 nitrogen and oxygen atoms in total. The fourth-order valence-electron chi connectivity index (χ4n) is 1.57. The monoisotopic (exact) mass is 278 g/mol. The lowest BCUT2D eigenvalue weighted by Crippen LogP contribution is -2.21. The Balaban J connectivity index is 2.03. The minimum atomic E-state index is -0.752. The minimum absolute atomic E-state index is 0.0491. The summed E-state index contributed by atoms with van der Waals surface area (Å²) in [5.74, 6) is -1.17. The molecule has 0 amide bonds. The molecule has 0 spiro atoms. The number of benzene rings is 1. The highest BCUT2D eigenvalue weighted by Crippen LogP contribution is 2.23. The van der Waals surface area contributed by atoms with Crippen molar-refractivity contribution >= 4 is 0 Å². The molecule has 20 heavy (non-hydrogen) atoms. The van der Waals surface area contributed by atoms with E-state index in [1.54, 1.807) is 12.3 Å². The van der Waals surface area contributed by atoms with Gasteiger partial charge in [0.1, 0.15) is 5.82 Å². The SMILES string of the molecule is CC(C)NCc1ccc(Oc2ccc(F)cc2F)nc1. The molecular weight excluding hydrogens is 262 g/mol. The molecule has 2 aromatic rings. The van der Waals surface area contributed by atoms with E-state index in [9.17, 15) is 8.78 Å². The van der Waals surface area contributed by atoms with Crippen molar-refractivity contribution in [2.45, 2.75) is 26.4 Å². The second-order valence-electron chi connectivity index (χ2n) is 4.72. The van der Waals surface area contributed by atoms with Crippen LogP contribution in [0.4, 0.5) is 8.78 Å². The lowest BCUT2D eigenvalue weighted by atomic mass is 10.2. The number of hydrogen-bond donors (Lipinski definition) is 1. The maximum atomic E-state index is 13.4. The van der Waals surface area contributed by atoms with Crippen LogP contribution in [0.1, 0.15) is 19.4 Å². The number of halogens is 2. The molecule has 1 aromatic heterocycles. The van der Waals surface area contributed by atoms with Gasteiger partial charge in [0.15, 0.2) is 11.6 Å². The number of pyridine rings is 1. The Kier molecular flexibility index (Phi) is 4.63. The van der Waals surface area contributed by atoms with Gasteiger partial charge in [0.2, 0.25) is 5.88 Å². The van der Waals surface area contributed by atoms with Crippen molar-refractivity contribution in [1.82, 2.24) is 10.3 Å². The molecule has 106 valence electrons. The summed E-state index contributed by atoms with van der Waals surface area (Å²) < 4.78 is 31.5. The average molecular weight is 278 g/mol. The van der Waals surface area contributed by atoms with Crippen molar-refractivity contribution in [3.05, 3.63) is 53.7 Å². The summed E-state index contributed by atoms with van der Waals surface area (Å²) in [6.07, 6.45) is 1.66. The number of nitrogens with zero attached hydrogens (tertiary/aromatic N) is 1. The predicted molar refractivity (Wildman–Crippen MR) is 72.6 cm³/mol. The molecule has 0 fully saturated rings. The number of nitrogens with one attached hydrogen (secondary N) is 1. The van der Waals surface area contributed by atoms with Gasteiger partial charge in [0.25, 0.3) is 0 Å². The molecule has 0 aliphatic rings. The zero-order valence-corrected chi connectivity index (χ0v) is 11.4. The summed E-state index contributed by atoms with van der Waals surface area (Å²) in [6.45, 7) is 4.82. The number of rotatable bonds is 5. The van der Waals surface area contributed by atoms with Gasteiger partial charge in [0.05, 0.1) is 0 Å². The summed E-state index contributed by atoms with van der Waals surface area (Å²) in [4.78, 5) is 4.09. The Morgan fingerprint density at radius 1 is 1.20 bits per heavy atom. The Morgan fingerprint density at radius 3 is 2.60 bits per heavy atom. The smallest absolute Gasteiger partial charge is 0.219 e. The first-order valence-corrected chi connectivity index (χ1v) is 6.36. The average Bonchev–Trinajstić information content (AvgIpc) is 2.41. The highest BCUT2D eigenvalue weighted by Gasteiger charge is 2.07. The Labute approximate surface area is 116 Å². The number of aromatic nitrogens is 1. The molecule has 1 heterocycles. The van der Waals surface area contributed by atoms with E-state index >= 15 is 0 Å². The van der Waals surface area contributed by atoms with Crippen LogP contribution in [0.3, 0.4) is 0 Å². The van der Waals surface area contributed by atoms with Crippen molar-refractivity contribution in [3.63, 3.8) is 0 Å². The first-order valence-electron chi connectivity index (χ1n) is 6.36. The maximum absolute atomic E-state index is 13.4. The Morgan fingerprint density at radius 2 is 2.00 bits per heavy atom. The van der Waals surface area contributed by atoms with Crippen LogP contribution in [-0.2, 0) is 6.54 Å². The van der Waals surface area contributed by atoms with E-state index in [4.69, 9.17) is 4.74 Å². The van der Waals surface area contributed by atoms with Gasteiger partial charge in [-0.1, -0.05) is 19.9 Å². The maximum Gasteiger partial charge on any atom is 0.219 e. The Bertz CT molecular complexity index is 571. The standard InChI is InChI=1S/C15H16F2N2O/c1-10(2)18-8-11-3-6-15(19-9-11)20-14-5-4-12(16)7-13(14)17/h3-7,9-10,18H,8H2,1-2H3.